The normalized spacial score (nSPS) is 10.9. The molecule has 152 valence electrons. The topological polar surface area (TPSA) is 94.2 Å². The molecule has 8 heteroatoms. The summed E-state index contributed by atoms with van der Waals surface area (Å²) in [6, 6.07) is 10.8. The van der Waals surface area contributed by atoms with Gasteiger partial charge >= 0.3 is 0 Å². The van der Waals surface area contributed by atoms with Gasteiger partial charge in [0, 0.05) is 16.5 Å². The number of amides is 1. The van der Waals surface area contributed by atoms with E-state index in [9.17, 15) is 4.79 Å². The van der Waals surface area contributed by atoms with Gasteiger partial charge in [-0.25, -0.2) is 5.43 Å². The standard InChI is InChI=1S/C21H23N3O5/c1-5-29-15-7-8-16-14(10-15)11-17(23-16)21(25)24-22-12-13-6-9-18(26-2)20(28-4)19(13)27-3/h6-12,23H,5H2,1-4H3,(H,24,25)/b22-12-. The van der Waals surface area contributed by atoms with Crippen LogP contribution in [0, 0.1) is 0 Å². The van der Waals surface area contributed by atoms with Crippen molar-refractivity contribution in [1.29, 1.82) is 0 Å². The molecular formula is C21H23N3O5. The Kier molecular flexibility index (Phi) is 6.23. The van der Waals surface area contributed by atoms with Gasteiger partial charge in [-0.1, -0.05) is 0 Å². The molecule has 0 saturated carbocycles. The molecule has 0 radical (unpaired) electrons. The van der Waals surface area contributed by atoms with Crippen LogP contribution in [-0.4, -0.2) is 45.0 Å². The van der Waals surface area contributed by atoms with Gasteiger partial charge in [-0.05, 0) is 43.3 Å². The number of rotatable bonds is 8. The SMILES string of the molecule is CCOc1ccc2[nH]c(C(=O)N/N=C\c3ccc(OC)c(OC)c3OC)cc2c1. The lowest BCUT2D eigenvalue weighted by atomic mass is 10.2. The quantitative estimate of drug-likeness (QED) is 0.449. The van der Waals surface area contributed by atoms with Crippen LogP contribution in [0.5, 0.6) is 23.0 Å². The number of fused-ring (bicyclic) bond motifs is 1. The van der Waals surface area contributed by atoms with Crippen molar-refractivity contribution in [2.45, 2.75) is 6.92 Å². The van der Waals surface area contributed by atoms with Gasteiger partial charge < -0.3 is 23.9 Å². The van der Waals surface area contributed by atoms with E-state index in [0.717, 1.165) is 16.7 Å². The maximum absolute atomic E-state index is 12.4. The maximum atomic E-state index is 12.4. The van der Waals surface area contributed by atoms with Crippen molar-refractivity contribution in [1.82, 2.24) is 10.4 Å². The number of carbonyl (C=O) groups is 1. The zero-order valence-corrected chi connectivity index (χ0v) is 16.7. The van der Waals surface area contributed by atoms with E-state index in [1.165, 1.54) is 20.4 Å². The first-order valence-electron chi connectivity index (χ1n) is 8.99. The highest BCUT2D eigenvalue weighted by atomic mass is 16.5. The Bertz CT molecular complexity index is 1040. The van der Waals surface area contributed by atoms with Crippen LogP contribution in [0.15, 0.2) is 41.5 Å². The zero-order valence-electron chi connectivity index (χ0n) is 16.7. The van der Waals surface area contributed by atoms with Crippen molar-refractivity contribution in [2.75, 3.05) is 27.9 Å². The molecule has 0 aliphatic heterocycles. The molecule has 29 heavy (non-hydrogen) atoms. The summed E-state index contributed by atoms with van der Waals surface area (Å²) in [5, 5.41) is 4.91. The number of aromatic nitrogens is 1. The average Bonchev–Trinajstić information content (AvgIpc) is 3.16. The molecule has 0 spiro atoms. The van der Waals surface area contributed by atoms with E-state index in [1.54, 1.807) is 25.3 Å². The monoisotopic (exact) mass is 397 g/mol. The molecule has 1 aromatic heterocycles. The predicted octanol–water partition coefficient (Wildman–Crippen LogP) is 3.36. The molecule has 8 nitrogen and oxygen atoms in total. The van der Waals surface area contributed by atoms with Gasteiger partial charge in [0.15, 0.2) is 11.5 Å². The summed E-state index contributed by atoms with van der Waals surface area (Å²) in [5.41, 5.74) is 4.36. The van der Waals surface area contributed by atoms with Crippen molar-refractivity contribution in [3.63, 3.8) is 0 Å². The first-order chi connectivity index (χ1) is 14.1. The van der Waals surface area contributed by atoms with Crippen LogP contribution in [-0.2, 0) is 0 Å². The number of hydrazone groups is 1. The molecule has 1 amide bonds. The van der Waals surface area contributed by atoms with E-state index in [-0.39, 0.29) is 5.91 Å². The Labute approximate surface area is 168 Å². The fraction of sp³-hybridized carbons (Fsp3) is 0.238. The van der Waals surface area contributed by atoms with Crippen molar-refractivity contribution < 1.29 is 23.7 Å². The van der Waals surface area contributed by atoms with E-state index in [1.807, 2.05) is 25.1 Å². The lowest BCUT2D eigenvalue weighted by Gasteiger charge is -2.13. The Balaban J connectivity index is 1.77. The molecule has 0 bridgehead atoms. The summed E-state index contributed by atoms with van der Waals surface area (Å²) in [6.07, 6.45) is 1.48. The lowest BCUT2D eigenvalue weighted by molar-refractivity contribution is 0.0951. The molecule has 0 aliphatic carbocycles. The van der Waals surface area contributed by atoms with E-state index in [0.29, 0.717) is 35.1 Å². The molecule has 0 unspecified atom stereocenters. The smallest absolute Gasteiger partial charge is 0.287 e. The summed E-state index contributed by atoms with van der Waals surface area (Å²) in [5.74, 6) is 1.83. The number of carbonyl (C=O) groups excluding carboxylic acids is 1. The van der Waals surface area contributed by atoms with Crippen LogP contribution < -0.4 is 24.4 Å². The van der Waals surface area contributed by atoms with Gasteiger partial charge in [-0.15, -0.1) is 0 Å². The molecule has 2 N–H and O–H groups in total. The van der Waals surface area contributed by atoms with Crippen molar-refractivity contribution in [2.24, 2.45) is 5.10 Å². The second kappa shape index (κ2) is 9.01. The molecule has 2 aromatic carbocycles. The number of H-pyrrole nitrogens is 1. The minimum absolute atomic E-state index is 0.366. The number of hydrogen-bond acceptors (Lipinski definition) is 6. The molecular weight excluding hydrogens is 374 g/mol. The second-order valence-electron chi connectivity index (χ2n) is 5.99. The first kappa shape index (κ1) is 20.1. The van der Waals surface area contributed by atoms with Gasteiger partial charge in [0.2, 0.25) is 5.75 Å². The summed E-state index contributed by atoms with van der Waals surface area (Å²) in [7, 11) is 4.59. The number of hydrogen-bond donors (Lipinski definition) is 2. The van der Waals surface area contributed by atoms with Gasteiger partial charge in [0.05, 0.1) is 34.2 Å². The fourth-order valence-corrected chi connectivity index (χ4v) is 2.94. The number of aromatic amines is 1. The van der Waals surface area contributed by atoms with Gasteiger partial charge in [0.25, 0.3) is 5.91 Å². The first-order valence-corrected chi connectivity index (χ1v) is 8.99. The van der Waals surface area contributed by atoms with E-state index in [4.69, 9.17) is 18.9 Å². The number of nitrogens with one attached hydrogen (secondary N) is 2. The van der Waals surface area contributed by atoms with Crippen LogP contribution >= 0.6 is 0 Å². The summed E-state index contributed by atoms with van der Waals surface area (Å²) in [4.78, 5) is 15.5. The predicted molar refractivity (Wildman–Crippen MR) is 111 cm³/mol. The maximum Gasteiger partial charge on any atom is 0.287 e. The number of nitrogens with zero attached hydrogens (tertiary/aromatic N) is 1. The highest BCUT2D eigenvalue weighted by molar-refractivity contribution is 5.98. The van der Waals surface area contributed by atoms with Crippen molar-refractivity contribution >= 4 is 23.0 Å². The third kappa shape index (κ3) is 4.26. The largest absolute Gasteiger partial charge is 0.494 e. The van der Waals surface area contributed by atoms with Crippen molar-refractivity contribution in [3.8, 4) is 23.0 Å². The van der Waals surface area contributed by atoms with Crippen LogP contribution in [0.1, 0.15) is 23.0 Å². The summed E-state index contributed by atoms with van der Waals surface area (Å²) < 4.78 is 21.5. The molecule has 3 aromatic rings. The minimum Gasteiger partial charge on any atom is -0.494 e. The summed E-state index contributed by atoms with van der Waals surface area (Å²) >= 11 is 0. The fourth-order valence-electron chi connectivity index (χ4n) is 2.94. The Hall–Kier alpha value is -3.68. The molecule has 0 fully saturated rings. The van der Waals surface area contributed by atoms with Crippen molar-refractivity contribution in [3.05, 3.63) is 47.7 Å². The van der Waals surface area contributed by atoms with E-state index >= 15 is 0 Å². The Morgan fingerprint density at radius 2 is 1.86 bits per heavy atom. The van der Waals surface area contributed by atoms with Gasteiger partial charge in [-0.2, -0.15) is 5.10 Å². The van der Waals surface area contributed by atoms with Crippen LogP contribution in [0.2, 0.25) is 0 Å². The molecule has 0 saturated heterocycles. The Morgan fingerprint density at radius 3 is 2.55 bits per heavy atom. The number of benzene rings is 2. The van der Waals surface area contributed by atoms with E-state index < -0.39 is 0 Å². The third-order valence-electron chi connectivity index (χ3n) is 4.25. The lowest BCUT2D eigenvalue weighted by Crippen LogP contribution is -2.18. The number of ether oxygens (including phenoxy) is 4. The molecule has 0 aliphatic rings. The highest BCUT2D eigenvalue weighted by Gasteiger charge is 2.15. The zero-order chi connectivity index (χ0) is 20.8. The molecule has 0 atom stereocenters. The summed E-state index contributed by atoms with van der Waals surface area (Å²) in [6.45, 7) is 2.50. The van der Waals surface area contributed by atoms with Crippen LogP contribution in [0.4, 0.5) is 0 Å². The average molecular weight is 397 g/mol. The number of methoxy groups -OCH3 is 3. The third-order valence-corrected chi connectivity index (χ3v) is 4.25. The Morgan fingerprint density at radius 1 is 1.07 bits per heavy atom. The van der Waals surface area contributed by atoms with Crippen LogP contribution in [0.25, 0.3) is 10.9 Å². The second-order valence-corrected chi connectivity index (χ2v) is 5.99. The molecule has 3 rings (SSSR count). The van der Waals surface area contributed by atoms with E-state index in [2.05, 4.69) is 15.5 Å². The van der Waals surface area contributed by atoms with Gasteiger partial charge in [-0.3, -0.25) is 4.79 Å². The molecule has 1 heterocycles. The minimum atomic E-state index is -0.366. The van der Waals surface area contributed by atoms with Gasteiger partial charge in [0.1, 0.15) is 11.4 Å². The highest BCUT2D eigenvalue weighted by Crippen LogP contribution is 2.38. The van der Waals surface area contributed by atoms with Crippen LogP contribution in [0.3, 0.4) is 0 Å².